The molecule has 1 N–H and O–H groups in total. The van der Waals surface area contributed by atoms with Crippen LogP contribution in [0.1, 0.15) is 20.3 Å². The molecule has 5 heteroatoms. The van der Waals surface area contributed by atoms with Gasteiger partial charge in [0.1, 0.15) is 0 Å². The summed E-state index contributed by atoms with van der Waals surface area (Å²) in [5, 5.41) is 3.44. The molecule has 3 unspecified atom stereocenters. The van der Waals surface area contributed by atoms with E-state index in [-0.39, 0.29) is 5.56 Å². The molecule has 2 saturated heterocycles. The summed E-state index contributed by atoms with van der Waals surface area (Å²) in [6.07, 6.45) is 4.51. The maximum atomic E-state index is 12.5. The third-order valence-electron chi connectivity index (χ3n) is 4.57. The summed E-state index contributed by atoms with van der Waals surface area (Å²) in [4.78, 5) is 19.0. The summed E-state index contributed by atoms with van der Waals surface area (Å²) < 4.78 is 1.78. The summed E-state index contributed by atoms with van der Waals surface area (Å²) in [5.74, 6) is 1.95. The van der Waals surface area contributed by atoms with Gasteiger partial charge in [0.2, 0.25) is 0 Å². The second-order valence-corrected chi connectivity index (χ2v) is 5.72. The van der Waals surface area contributed by atoms with Crippen LogP contribution < -0.4 is 15.8 Å². The van der Waals surface area contributed by atoms with Crippen molar-refractivity contribution in [3.8, 4) is 0 Å². The number of rotatable bonds is 3. The van der Waals surface area contributed by atoms with Crippen molar-refractivity contribution in [3.63, 3.8) is 0 Å². The Balaban J connectivity index is 1.91. The minimum absolute atomic E-state index is 0.0594. The van der Waals surface area contributed by atoms with Crippen LogP contribution in [0.2, 0.25) is 0 Å². The van der Waals surface area contributed by atoms with E-state index < -0.39 is 0 Å². The second-order valence-electron chi connectivity index (χ2n) is 5.72. The van der Waals surface area contributed by atoms with Crippen LogP contribution in [0, 0.1) is 11.8 Å². The van der Waals surface area contributed by atoms with Gasteiger partial charge in [-0.2, -0.15) is 0 Å². The minimum atomic E-state index is 0.0594. The van der Waals surface area contributed by atoms with Crippen LogP contribution >= 0.6 is 0 Å². The molecule has 2 aliphatic heterocycles. The molecule has 0 radical (unpaired) electrons. The largest absolute Gasteiger partial charge is 0.349 e. The van der Waals surface area contributed by atoms with Crippen molar-refractivity contribution in [3.05, 3.63) is 22.7 Å². The molecule has 0 bridgehead atoms. The van der Waals surface area contributed by atoms with Gasteiger partial charge in [0.25, 0.3) is 5.56 Å². The molecule has 0 amide bonds. The van der Waals surface area contributed by atoms with Crippen LogP contribution in [0.5, 0.6) is 0 Å². The lowest BCUT2D eigenvalue weighted by molar-refractivity contribution is 0.470. The zero-order chi connectivity index (χ0) is 13.4. The molecule has 2 aliphatic rings. The fourth-order valence-electron chi connectivity index (χ4n) is 3.50. The second kappa shape index (κ2) is 4.96. The van der Waals surface area contributed by atoms with Crippen LogP contribution in [0.3, 0.4) is 0 Å². The number of fused-ring (bicyclic) bond motifs is 1. The van der Waals surface area contributed by atoms with Gasteiger partial charge in [-0.3, -0.25) is 4.79 Å². The van der Waals surface area contributed by atoms with Gasteiger partial charge in [0.15, 0.2) is 5.82 Å². The van der Waals surface area contributed by atoms with Crippen molar-refractivity contribution in [1.29, 1.82) is 0 Å². The quantitative estimate of drug-likeness (QED) is 0.871. The van der Waals surface area contributed by atoms with Crippen molar-refractivity contribution < 1.29 is 0 Å². The Bertz CT molecular complexity index is 512. The molecule has 0 saturated carbocycles. The maximum absolute atomic E-state index is 12.5. The number of aromatic nitrogens is 2. The molecular formula is C14H22N4O. The molecule has 2 fully saturated rings. The van der Waals surface area contributed by atoms with E-state index in [2.05, 4.69) is 29.0 Å². The summed E-state index contributed by atoms with van der Waals surface area (Å²) >= 11 is 0. The highest BCUT2D eigenvalue weighted by molar-refractivity contribution is 5.40. The average Bonchev–Trinajstić information content (AvgIpc) is 2.96. The van der Waals surface area contributed by atoms with Gasteiger partial charge in [-0.1, -0.05) is 6.92 Å². The highest BCUT2D eigenvalue weighted by Crippen LogP contribution is 2.33. The van der Waals surface area contributed by atoms with E-state index in [1.807, 2.05) is 0 Å². The summed E-state index contributed by atoms with van der Waals surface area (Å²) in [6, 6.07) is 0.401. The van der Waals surface area contributed by atoms with Gasteiger partial charge in [-0.25, -0.2) is 4.98 Å². The predicted octanol–water partition coefficient (Wildman–Crippen LogP) is 0.697. The maximum Gasteiger partial charge on any atom is 0.293 e. The summed E-state index contributed by atoms with van der Waals surface area (Å²) in [6.45, 7) is 8.17. The first-order valence-corrected chi connectivity index (χ1v) is 7.25. The van der Waals surface area contributed by atoms with Crippen LogP contribution in [0.25, 0.3) is 0 Å². The molecular weight excluding hydrogens is 240 g/mol. The van der Waals surface area contributed by atoms with Crippen molar-refractivity contribution in [2.45, 2.75) is 32.9 Å². The van der Waals surface area contributed by atoms with E-state index in [4.69, 9.17) is 0 Å². The predicted molar refractivity (Wildman–Crippen MR) is 75.4 cm³/mol. The number of anilines is 1. The molecule has 104 valence electrons. The van der Waals surface area contributed by atoms with Crippen molar-refractivity contribution in [1.82, 2.24) is 14.9 Å². The zero-order valence-electron chi connectivity index (χ0n) is 11.7. The highest BCUT2D eigenvalue weighted by atomic mass is 16.1. The average molecular weight is 262 g/mol. The van der Waals surface area contributed by atoms with E-state index in [9.17, 15) is 4.79 Å². The molecule has 5 nitrogen and oxygen atoms in total. The zero-order valence-corrected chi connectivity index (χ0v) is 11.7. The fraction of sp³-hybridized carbons (Fsp3) is 0.714. The number of hydrogen-bond donors (Lipinski definition) is 1. The Kier molecular flexibility index (Phi) is 3.31. The van der Waals surface area contributed by atoms with Crippen molar-refractivity contribution in [2.24, 2.45) is 11.8 Å². The molecule has 3 atom stereocenters. The Labute approximate surface area is 113 Å². The van der Waals surface area contributed by atoms with Crippen LogP contribution in [-0.2, 0) is 6.54 Å². The molecule has 19 heavy (non-hydrogen) atoms. The highest BCUT2D eigenvalue weighted by Gasteiger charge is 2.42. The third-order valence-corrected chi connectivity index (χ3v) is 4.57. The van der Waals surface area contributed by atoms with Crippen LogP contribution in [0.4, 0.5) is 5.82 Å². The molecule has 3 rings (SSSR count). The smallest absolute Gasteiger partial charge is 0.293 e. The Morgan fingerprint density at radius 2 is 2.32 bits per heavy atom. The van der Waals surface area contributed by atoms with E-state index in [1.54, 1.807) is 17.0 Å². The fourth-order valence-corrected chi connectivity index (χ4v) is 3.50. The first-order valence-electron chi connectivity index (χ1n) is 7.25. The normalized spacial score (nSPS) is 29.8. The van der Waals surface area contributed by atoms with E-state index in [0.717, 1.165) is 32.6 Å². The van der Waals surface area contributed by atoms with Gasteiger partial charge in [-0.05, 0) is 25.2 Å². The first kappa shape index (κ1) is 12.7. The number of aryl methyl sites for hydroxylation is 1. The summed E-state index contributed by atoms with van der Waals surface area (Å²) in [5.41, 5.74) is 0.0594. The molecule has 0 spiro atoms. The molecule has 0 aromatic carbocycles. The lowest BCUT2D eigenvalue weighted by atomic mass is 9.95. The third kappa shape index (κ3) is 2.06. The lowest BCUT2D eigenvalue weighted by Crippen LogP contribution is -2.38. The standard InChI is InChI=1S/C14H22N4O/c1-3-5-17-6-4-16-13(14(17)19)18-9-11-7-15-8-12(11)10(18)2/h4,6,10-12,15H,3,5,7-9H2,1-2H3. The van der Waals surface area contributed by atoms with E-state index in [0.29, 0.717) is 23.7 Å². The van der Waals surface area contributed by atoms with Crippen molar-refractivity contribution in [2.75, 3.05) is 24.5 Å². The first-order chi connectivity index (χ1) is 9.22. The number of hydrogen-bond acceptors (Lipinski definition) is 4. The van der Waals surface area contributed by atoms with Gasteiger partial charge in [0, 0.05) is 44.6 Å². The van der Waals surface area contributed by atoms with Crippen molar-refractivity contribution >= 4 is 5.82 Å². The summed E-state index contributed by atoms with van der Waals surface area (Å²) in [7, 11) is 0. The Morgan fingerprint density at radius 3 is 3.05 bits per heavy atom. The molecule has 1 aromatic rings. The van der Waals surface area contributed by atoms with Crippen LogP contribution in [0.15, 0.2) is 17.2 Å². The Hall–Kier alpha value is -1.36. The Morgan fingerprint density at radius 1 is 1.47 bits per heavy atom. The lowest BCUT2D eigenvalue weighted by Gasteiger charge is -2.25. The van der Waals surface area contributed by atoms with Gasteiger partial charge in [-0.15, -0.1) is 0 Å². The molecule has 0 aliphatic carbocycles. The minimum Gasteiger partial charge on any atom is -0.349 e. The number of nitrogens with zero attached hydrogens (tertiary/aromatic N) is 3. The van der Waals surface area contributed by atoms with Gasteiger partial charge < -0.3 is 14.8 Å². The SMILES string of the molecule is CCCn1ccnc(N2CC3CNCC3C2C)c1=O. The topological polar surface area (TPSA) is 50.2 Å². The van der Waals surface area contributed by atoms with Gasteiger partial charge in [0.05, 0.1) is 0 Å². The van der Waals surface area contributed by atoms with Gasteiger partial charge >= 0.3 is 0 Å². The monoisotopic (exact) mass is 262 g/mol. The number of nitrogens with one attached hydrogen (secondary N) is 1. The van der Waals surface area contributed by atoms with E-state index in [1.165, 1.54) is 0 Å². The van der Waals surface area contributed by atoms with E-state index >= 15 is 0 Å². The molecule has 3 heterocycles. The molecule has 1 aromatic heterocycles. The van der Waals surface area contributed by atoms with Crippen LogP contribution in [-0.4, -0.2) is 35.2 Å².